The van der Waals surface area contributed by atoms with E-state index in [2.05, 4.69) is 47.8 Å². The zero-order valence-electron chi connectivity index (χ0n) is 20.7. The van der Waals surface area contributed by atoms with Gasteiger partial charge in [0.05, 0.1) is 26.4 Å². The highest BCUT2D eigenvalue weighted by Crippen LogP contribution is 2.18. The average Bonchev–Trinajstić information content (AvgIpc) is 2.93. The molecule has 37 heavy (non-hydrogen) atoms. The summed E-state index contributed by atoms with van der Waals surface area (Å²) in [5.41, 5.74) is 7.54. The Morgan fingerprint density at radius 3 is 2.43 bits per heavy atom. The van der Waals surface area contributed by atoms with E-state index in [-0.39, 0.29) is 5.91 Å². The fourth-order valence-corrected chi connectivity index (χ4v) is 3.05. The second-order valence-corrected chi connectivity index (χ2v) is 7.66. The lowest BCUT2D eigenvalue weighted by Gasteiger charge is -2.12. The molecule has 1 amide bonds. The van der Waals surface area contributed by atoms with Gasteiger partial charge in [-0.1, -0.05) is 12.1 Å². The molecule has 0 aliphatic carbocycles. The van der Waals surface area contributed by atoms with Crippen molar-refractivity contribution in [1.29, 1.82) is 0 Å². The van der Waals surface area contributed by atoms with Crippen molar-refractivity contribution in [2.75, 3.05) is 62.0 Å². The molecule has 196 valence electrons. The average molecular weight is 508 g/mol. The highest BCUT2D eigenvalue weighted by molar-refractivity contribution is 5.95. The molecule has 0 unspecified atom stereocenters. The van der Waals surface area contributed by atoms with Crippen LogP contribution < -0.4 is 27.0 Å². The van der Waals surface area contributed by atoms with Crippen LogP contribution >= 0.6 is 0 Å². The van der Waals surface area contributed by atoms with E-state index in [0.29, 0.717) is 81.7 Å². The molecule has 0 saturated carbocycles. The number of aromatic nitrogens is 4. The van der Waals surface area contributed by atoms with E-state index in [1.54, 1.807) is 36.7 Å². The van der Waals surface area contributed by atoms with E-state index in [0.717, 1.165) is 5.56 Å². The molecule has 12 heteroatoms. The topological polar surface area (TPSA) is 161 Å². The number of nitrogens with one attached hydrogen (secondary N) is 4. The Balaban J connectivity index is 1.58. The Morgan fingerprint density at radius 2 is 1.68 bits per heavy atom. The molecule has 3 aromatic rings. The van der Waals surface area contributed by atoms with Crippen molar-refractivity contribution in [1.82, 2.24) is 25.3 Å². The van der Waals surface area contributed by atoms with Crippen molar-refractivity contribution in [3.05, 3.63) is 72.6 Å². The second-order valence-electron chi connectivity index (χ2n) is 7.66. The summed E-state index contributed by atoms with van der Waals surface area (Å²) in [5, 5.41) is 12.3. The minimum Gasteiger partial charge on any atom is -0.378 e. The van der Waals surface area contributed by atoms with Crippen LogP contribution in [0.1, 0.15) is 15.9 Å². The summed E-state index contributed by atoms with van der Waals surface area (Å²) in [5.74, 6) is 0.886. The maximum Gasteiger partial charge on any atom is 0.251 e. The van der Waals surface area contributed by atoms with Crippen molar-refractivity contribution in [2.45, 2.75) is 6.54 Å². The van der Waals surface area contributed by atoms with Gasteiger partial charge in [-0.25, -0.2) is 0 Å². The lowest BCUT2D eigenvalue weighted by Crippen LogP contribution is -2.27. The van der Waals surface area contributed by atoms with Crippen LogP contribution in [-0.4, -0.2) is 71.9 Å². The lowest BCUT2D eigenvalue weighted by molar-refractivity contribution is 0.0511. The summed E-state index contributed by atoms with van der Waals surface area (Å²) in [4.78, 5) is 29.9. The molecule has 0 atom stereocenters. The first-order chi connectivity index (χ1) is 18.2. The molecule has 12 nitrogen and oxygen atoms in total. The molecule has 3 rings (SSSR count). The lowest BCUT2D eigenvalue weighted by atomic mass is 10.2. The van der Waals surface area contributed by atoms with E-state index in [1.807, 2.05) is 18.2 Å². The quantitative estimate of drug-likeness (QED) is 0.134. The Hall–Kier alpha value is -4.13. The largest absolute Gasteiger partial charge is 0.378 e. The molecule has 0 saturated heterocycles. The van der Waals surface area contributed by atoms with Gasteiger partial charge in [0.25, 0.3) is 5.91 Å². The summed E-state index contributed by atoms with van der Waals surface area (Å²) >= 11 is 0. The number of carbonyl (C=O) groups is 1. The smallest absolute Gasteiger partial charge is 0.251 e. The maximum absolute atomic E-state index is 12.6. The van der Waals surface area contributed by atoms with Crippen molar-refractivity contribution in [3.63, 3.8) is 0 Å². The van der Waals surface area contributed by atoms with E-state index >= 15 is 0 Å². The van der Waals surface area contributed by atoms with E-state index in [9.17, 15) is 4.79 Å². The minimum atomic E-state index is -0.213. The first kappa shape index (κ1) is 27.5. The predicted molar refractivity (Wildman–Crippen MR) is 143 cm³/mol. The van der Waals surface area contributed by atoms with E-state index in [4.69, 9.17) is 15.2 Å². The number of nitrogens with two attached hydrogens (primary N) is 1. The summed E-state index contributed by atoms with van der Waals surface area (Å²) in [6.45, 7) is 7.40. The highest BCUT2D eigenvalue weighted by Gasteiger charge is 2.10. The number of anilines is 4. The van der Waals surface area contributed by atoms with Crippen LogP contribution in [-0.2, 0) is 16.0 Å². The highest BCUT2D eigenvalue weighted by atomic mass is 16.5. The van der Waals surface area contributed by atoms with Gasteiger partial charge in [-0.2, -0.15) is 15.0 Å². The number of carbonyl (C=O) groups excluding carboxylic acids is 1. The van der Waals surface area contributed by atoms with Crippen molar-refractivity contribution >= 4 is 29.4 Å². The predicted octanol–water partition coefficient (Wildman–Crippen LogP) is 1.94. The first-order valence-electron chi connectivity index (χ1n) is 11.9. The molecule has 2 heterocycles. The van der Waals surface area contributed by atoms with Gasteiger partial charge in [0, 0.05) is 49.8 Å². The van der Waals surface area contributed by atoms with E-state index < -0.39 is 0 Å². The number of benzene rings is 1. The molecular weight excluding hydrogens is 474 g/mol. The van der Waals surface area contributed by atoms with Gasteiger partial charge in [0.15, 0.2) is 0 Å². The Labute approximate surface area is 216 Å². The summed E-state index contributed by atoms with van der Waals surface area (Å²) in [6, 6.07) is 10.9. The van der Waals surface area contributed by atoms with Crippen LogP contribution in [0.25, 0.3) is 0 Å². The van der Waals surface area contributed by atoms with Crippen LogP contribution in [0, 0.1) is 0 Å². The van der Waals surface area contributed by atoms with Gasteiger partial charge in [-0.05, 0) is 35.9 Å². The molecule has 0 fully saturated rings. The van der Waals surface area contributed by atoms with Crippen LogP contribution in [0.5, 0.6) is 0 Å². The van der Waals surface area contributed by atoms with Crippen molar-refractivity contribution < 1.29 is 14.3 Å². The van der Waals surface area contributed by atoms with Gasteiger partial charge < -0.3 is 36.5 Å². The molecule has 0 bridgehead atoms. The normalized spacial score (nSPS) is 10.5. The second kappa shape index (κ2) is 15.8. The molecule has 1 aromatic carbocycles. The monoisotopic (exact) mass is 507 g/mol. The van der Waals surface area contributed by atoms with Gasteiger partial charge in [0.2, 0.25) is 17.8 Å². The van der Waals surface area contributed by atoms with E-state index in [1.165, 1.54) is 0 Å². The Morgan fingerprint density at radius 1 is 0.946 bits per heavy atom. The summed E-state index contributed by atoms with van der Waals surface area (Å²) < 4.78 is 10.7. The molecule has 0 aliphatic rings. The third-order valence-corrected chi connectivity index (χ3v) is 4.79. The Kier molecular flexibility index (Phi) is 11.7. The number of nitrogens with zero attached hydrogens (tertiary/aromatic N) is 4. The molecule has 0 radical (unpaired) electrons. The molecule has 6 N–H and O–H groups in total. The van der Waals surface area contributed by atoms with Crippen LogP contribution in [0.3, 0.4) is 0 Å². The fourth-order valence-electron chi connectivity index (χ4n) is 3.05. The number of hydrogen-bond acceptors (Lipinski definition) is 11. The van der Waals surface area contributed by atoms with Crippen molar-refractivity contribution in [3.8, 4) is 0 Å². The third-order valence-electron chi connectivity index (χ3n) is 4.79. The zero-order chi connectivity index (χ0) is 26.1. The minimum absolute atomic E-state index is 0.213. The fraction of sp³-hybridized carbons (Fsp3) is 0.320. The maximum atomic E-state index is 12.6. The number of pyridine rings is 1. The molecule has 0 aliphatic heterocycles. The standard InChI is InChI=1S/C25H33N9O3/c1-2-9-29-23-32-24(30-18-19-6-10-27-11-7-19)34-25(33-23)31-21-5-3-4-20(17-21)22(35)28-12-14-37-16-15-36-13-8-26/h2-7,10-11,17H,1,8-9,12-16,18,26H2,(H,28,35)(H3,29,30,31,32,33,34). The third kappa shape index (κ3) is 10.2. The number of rotatable bonds is 17. The SMILES string of the molecule is C=CCNc1nc(NCc2ccncc2)nc(Nc2cccc(C(=O)NCCOCCOCCN)c2)n1. The van der Waals surface area contributed by atoms with Gasteiger partial charge in [-0.15, -0.1) is 6.58 Å². The van der Waals surface area contributed by atoms with Crippen molar-refractivity contribution in [2.24, 2.45) is 5.73 Å². The molecule has 2 aromatic heterocycles. The Bertz CT molecular complexity index is 1120. The zero-order valence-corrected chi connectivity index (χ0v) is 20.7. The molecule has 0 spiro atoms. The number of ether oxygens (including phenoxy) is 2. The van der Waals surface area contributed by atoms with Crippen LogP contribution in [0.4, 0.5) is 23.5 Å². The van der Waals surface area contributed by atoms with Gasteiger partial charge in [-0.3, -0.25) is 9.78 Å². The number of hydrogen-bond donors (Lipinski definition) is 5. The van der Waals surface area contributed by atoms with Crippen LogP contribution in [0.15, 0.2) is 61.4 Å². The summed E-state index contributed by atoms with van der Waals surface area (Å²) in [6.07, 6.45) is 5.17. The van der Waals surface area contributed by atoms with Crippen LogP contribution in [0.2, 0.25) is 0 Å². The first-order valence-corrected chi connectivity index (χ1v) is 11.9. The molecular formula is C25H33N9O3. The number of amides is 1. The van der Waals surface area contributed by atoms with Gasteiger partial charge >= 0.3 is 0 Å². The van der Waals surface area contributed by atoms with Gasteiger partial charge in [0.1, 0.15) is 0 Å². The summed E-state index contributed by atoms with van der Waals surface area (Å²) in [7, 11) is 0.